The van der Waals surface area contributed by atoms with Crippen LogP contribution in [0.3, 0.4) is 0 Å². The average Bonchev–Trinajstić information content (AvgIpc) is 3.04. The quantitative estimate of drug-likeness (QED) is 0.332. The number of H-pyrrole nitrogens is 1. The highest BCUT2D eigenvalue weighted by Crippen LogP contribution is 2.20. The third-order valence-electron chi connectivity index (χ3n) is 5.44. The number of nitrogen functional groups attached to an aromatic ring is 1. The number of nitrogens with zero attached hydrogens (tertiary/aromatic N) is 1. The number of amidine groups is 1. The van der Waals surface area contributed by atoms with Crippen LogP contribution >= 0.6 is 0 Å². The highest BCUT2D eigenvalue weighted by Gasteiger charge is 2.17. The fourth-order valence-corrected chi connectivity index (χ4v) is 3.85. The Kier molecular flexibility index (Phi) is 5.27. The lowest BCUT2D eigenvalue weighted by atomic mass is 10.00. The largest absolute Gasteiger partial charge is 0.384 e. The number of hydrogen-bond acceptors (Lipinski definition) is 2. The summed E-state index contributed by atoms with van der Waals surface area (Å²) in [6, 6.07) is 22.0. The lowest BCUT2D eigenvalue weighted by Gasteiger charge is -2.07. The van der Waals surface area contributed by atoms with E-state index in [0.717, 1.165) is 33.2 Å². The zero-order valence-corrected chi connectivity index (χ0v) is 17.3. The topological polar surface area (TPSA) is 87.7 Å². The van der Waals surface area contributed by atoms with E-state index in [0.29, 0.717) is 18.5 Å². The Labute approximate surface area is 175 Å². The molecule has 0 spiro atoms. The molecule has 4 N–H and O–H groups in total. The third kappa shape index (κ3) is 3.92. The SMILES string of the molecule is CC(C)c1[nH]n(Cc2ccc3ccc(C(=N)N)cc3c2)c(=O)c1Cc1ccccc1. The minimum atomic E-state index is 0.0279. The van der Waals surface area contributed by atoms with Gasteiger partial charge in [0.1, 0.15) is 5.84 Å². The van der Waals surface area contributed by atoms with Crippen molar-refractivity contribution in [3.05, 3.63) is 105 Å². The molecule has 3 aromatic carbocycles. The Morgan fingerprint density at radius 1 is 1.00 bits per heavy atom. The number of aromatic nitrogens is 2. The lowest BCUT2D eigenvalue weighted by Crippen LogP contribution is -2.20. The third-order valence-corrected chi connectivity index (χ3v) is 5.44. The summed E-state index contributed by atoms with van der Waals surface area (Å²) in [5.74, 6) is 0.280. The molecule has 0 amide bonds. The molecule has 5 nitrogen and oxygen atoms in total. The summed E-state index contributed by atoms with van der Waals surface area (Å²) < 4.78 is 1.70. The number of fused-ring (bicyclic) bond motifs is 1. The molecular formula is C25H26N4O. The Bertz CT molecular complexity index is 1270. The lowest BCUT2D eigenvalue weighted by molar-refractivity contribution is 0.640. The van der Waals surface area contributed by atoms with Gasteiger partial charge in [0.25, 0.3) is 5.56 Å². The highest BCUT2D eigenvalue weighted by atomic mass is 16.1. The molecule has 4 aromatic rings. The van der Waals surface area contributed by atoms with Crippen molar-refractivity contribution in [1.29, 1.82) is 5.41 Å². The van der Waals surface area contributed by atoms with Crippen LogP contribution in [0.4, 0.5) is 0 Å². The molecule has 0 fully saturated rings. The first-order valence-corrected chi connectivity index (χ1v) is 10.1. The predicted octanol–water partition coefficient (Wildman–Crippen LogP) is 4.38. The van der Waals surface area contributed by atoms with E-state index < -0.39 is 0 Å². The molecular weight excluding hydrogens is 372 g/mol. The molecule has 0 aliphatic heterocycles. The summed E-state index contributed by atoms with van der Waals surface area (Å²) in [6.07, 6.45) is 0.621. The summed E-state index contributed by atoms with van der Waals surface area (Å²) >= 11 is 0. The monoisotopic (exact) mass is 398 g/mol. The Morgan fingerprint density at radius 3 is 2.43 bits per heavy atom. The molecule has 0 radical (unpaired) electrons. The molecule has 1 heterocycles. The first kappa shape index (κ1) is 19.7. The van der Waals surface area contributed by atoms with Crippen molar-refractivity contribution in [1.82, 2.24) is 9.78 Å². The van der Waals surface area contributed by atoms with Gasteiger partial charge in [0, 0.05) is 23.2 Å². The summed E-state index contributed by atoms with van der Waals surface area (Å²) in [6.45, 7) is 4.67. The molecule has 0 unspecified atom stereocenters. The van der Waals surface area contributed by atoms with E-state index in [1.807, 2.05) is 48.5 Å². The molecule has 0 bridgehead atoms. The molecule has 152 valence electrons. The van der Waals surface area contributed by atoms with Gasteiger partial charge in [-0.15, -0.1) is 0 Å². The molecule has 30 heavy (non-hydrogen) atoms. The van der Waals surface area contributed by atoms with E-state index in [-0.39, 0.29) is 17.3 Å². The second-order valence-electron chi connectivity index (χ2n) is 8.02. The van der Waals surface area contributed by atoms with Crippen LogP contribution in [-0.4, -0.2) is 15.6 Å². The van der Waals surface area contributed by atoms with E-state index in [9.17, 15) is 4.79 Å². The fraction of sp³-hybridized carbons (Fsp3) is 0.200. The average molecular weight is 399 g/mol. The molecule has 5 heteroatoms. The molecule has 0 aliphatic carbocycles. The van der Waals surface area contributed by atoms with Gasteiger partial charge < -0.3 is 5.73 Å². The van der Waals surface area contributed by atoms with Crippen LogP contribution < -0.4 is 11.3 Å². The van der Waals surface area contributed by atoms with Crippen molar-refractivity contribution in [2.24, 2.45) is 5.73 Å². The van der Waals surface area contributed by atoms with E-state index in [4.69, 9.17) is 11.1 Å². The van der Waals surface area contributed by atoms with Gasteiger partial charge >= 0.3 is 0 Å². The van der Waals surface area contributed by atoms with Gasteiger partial charge in [0.2, 0.25) is 0 Å². The second kappa shape index (κ2) is 8.03. The minimum Gasteiger partial charge on any atom is -0.384 e. The number of nitrogens with two attached hydrogens (primary N) is 1. The van der Waals surface area contributed by atoms with Gasteiger partial charge in [0.05, 0.1) is 6.54 Å². The summed E-state index contributed by atoms with van der Waals surface area (Å²) in [7, 11) is 0. The van der Waals surface area contributed by atoms with Crippen LogP contribution in [0.2, 0.25) is 0 Å². The van der Waals surface area contributed by atoms with Crippen LogP contribution in [0.1, 0.15) is 47.7 Å². The fourth-order valence-electron chi connectivity index (χ4n) is 3.85. The van der Waals surface area contributed by atoms with E-state index >= 15 is 0 Å². The number of nitrogens with one attached hydrogen (secondary N) is 2. The first-order chi connectivity index (χ1) is 14.4. The predicted molar refractivity (Wildman–Crippen MR) is 122 cm³/mol. The zero-order valence-electron chi connectivity index (χ0n) is 17.3. The summed E-state index contributed by atoms with van der Waals surface area (Å²) in [4.78, 5) is 13.2. The number of hydrogen-bond donors (Lipinski definition) is 3. The maximum atomic E-state index is 13.2. The molecule has 1 aromatic heterocycles. The van der Waals surface area contributed by atoms with Crippen molar-refractivity contribution in [2.75, 3.05) is 0 Å². The first-order valence-electron chi connectivity index (χ1n) is 10.1. The van der Waals surface area contributed by atoms with Crippen LogP contribution in [0.25, 0.3) is 10.8 Å². The smallest absolute Gasteiger partial charge is 0.270 e. The Balaban J connectivity index is 1.70. The van der Waals surface area contributed by atoms with Crippen LogP contribution in [-0.2, 0) is 13.0 Å². The zero-order chi connectivity index (χ0) is 21.3. The van der Waals surface area contributed by atoms with Crippen LogP contribution in [0.15, 0.2) is 71.5 Å². The standard InChI is InChI=1S/C25H26N4O/c1-16(2)23-22(13-17-6-4-3-5-7-17)25(30)29(28-23)15-18-8-9-19-10-11-20(24(26)27)14-21(19)12-18/h3-12,14,16,28H,13,15H2,1-2H3,(H3,26,27). The van der Waals surface area contributed by atoms with Gasteiger partial charge in [-0.2, -0.15) is 0 Å². The molecule has 0 saturated carbocycles. The van der Waals surface area contributed by atoms with Crippen LogP contribution in [0.5, 0.6) is 0 Å². The maximum absolute atomic E-state index is 13.2. The number of aromatic amines is 1. The summed E-state index contributed by atoms with van der Waals surface area (Å²) in [5, 5.41) is 13.1. The van der Waals surface area contributed by atoms with E-state index in [1.54, 1.807) is 4.68 Å². The van der Waals surface area contributed by atoms with Crippen molar-refractivity contribution in [3.8, 4) is 0 Å². The van der Waals surface area contributed by atoms with Gasteiger partial charge in [0.15, 0.2) is 0 Å². The normalized spacial score (nSPS) is 11.3. The van der Waals surface area contributed by atoms with E-state index in [2.05, 4.69) is 37.1 Å². The second-order valence-corrected chi connectivity index (χ2v) is 8.02. The molecule has 4 rings (SSSR count). The molecule has 0 saturated heterocycles. The minimum absolute atomic E-state index is 0.0279. The Hall–Kier alpha value is -3.60. The van der Waals surface area contributed by atoms with Crippen molar-refractivity contribution in [2.45, 2.75) is 32.7 Å². The van der Waals surface area contributed by atoms with Gasteiger partial charge in [-0.1, -0.05) is 68.4 Å². The number of rotatable bonds is 6. The van der Waals surface area contributed by atoms with E-state index in [1.165, 1.54) is 0 Å². The van der Waals surface area contributed by atoms with Gasteiger partial charge in [-0.05, 0) is 39.9 Å². The van der Waals surface area contributed by atoms with Crippen molar-refractivity contribution >= 4 is 16.6 Å². The van der Waals surface area contributed by atoms with Crippen molar-refractivity contribution in [3.63, 3.8) is 0 Å². The van der Waals surface area contributed by atoms with Gasteiger partial charge in [-0.25, -0.2) is 4.68 Å². The Morgan fingerprint density at radius 2 is 1.73 bits per heavy atom. The maximum Gasteiger partial charge on any atom is 0.270 e. The summed E-state index contributed by atoms with van der Waals surface area (Å²) in [5.41, 5.74) is 10.3. The van der Waals surface area contributed by atoms with Crippen LogP contribution in [0, 0.1) is 5.41 Å². The molecule has 0 atom stereocenters. The number of benzene rings is 3. The van der Waals surface area contributed by atoms with Gasteiger partial charge in [-0.3, -0.25) is 15.3 Å². The highest BCUT2D eigenvalue weighted by molar-refractivity contribution is 5.99. The molecule has 0 aliphatic rings. The van der Waals surface area contributed by atoms with Crippen molar-refractivity contribution < 1.29 is 0 Å².